The third-order valence-corrected chi connectivity index (χ3v) is 11.2. The van der Waals surface area contributed by atoms with Gasteiger partial charge in [-0.25, -0.2) is 4.21 Å². The molecule has 3 aliphatic rings. The lowest BCUT2D eigenvalue weighted by atomic mass is 9.70. The maximum absolute atomic E-state index is 13.3. The first-order valence-electron chi connectivity index (χ1n) is 15.5. The van der Waals surface area contributed by atoms with Crippen molar-refractivity contribution in [3.05, 3.63) is 70.3 Å². The average molecular weight is 629 g/mol. The maximum atomic E-state index is 13.3. The van der Waals surface area contributed by atoms with Crippen molar-refractivity contribution in [3.63, 3.8) is 0 Å². The fourth-order valence-electron chi connectivity index (χ4n) is 6.57. The first-order valence-corrected chi connectivity index (χ1v) is 17.1. The van der Waals surface area contributed by atoms with E-state index in [9.17, 15) is 9.00 Å². The van der Waals surface area contributed by atoms with E-state index in [1.165, 1.54) is 11.1 Å². The molecule has 1 amide bonds. The Balaban J connectivity index is 1.52. The number of methoxy groups -OCH3 is 1. The Kier molecular flexibility index (Phi) is 10.5. The van der Waals surface area contributed by atoms with Crippen molar-refractivity contribution >= 4 is 34.2 Å². The molecule has 2 aromatic rings. The van der Waals surface area contributed by atoms with Crippen LogP contribution >= 0.6 is 11.6 Å². The van der Waals surface area contributed by atoms with Gasteiger partial charge < -0.3 is 19.1 Å². The number of nitrogens with zero attached hydrogens (tertiary/aromatic N) is 1. The number of rotatable bonds is 4. The fourth-order valence-corrected chi connectivity index (χ4v) is 7.78. The van der Waals surface area contributed by atoms with E-state index in [4.69, 9.17) is 25.8 Å². The van der Waals surface area contributed by atoms with Crippen LogP contribution in [0.3, 0.4) is 0 Å². The molecule has 6 atom stereocenters. The van der Waals surface area contributed by atoms with Gasteiger partial charge in [-0.1, -0.05) is 43.7 Å². The lowest BCUT2D eigenvalue weighted by Crippen LogP contribution is -2.46. The lowest BCUT2D eigenvalue weighted by molar-refractivity contribution is 0.0144. The Labute approximate surface area is 263 Å². The highest BCUT2D eigenvalue weighted by Crippen LogP contribution is 2.44. The van der Waals surface area contributed by atoms with Gasteiger partial charge in [-0.2, -0.15) is 0 Å². The second-order valence-corrected chi connectivity index (χ2v) is 14.5. The SMILES string of the molecule is COCCOC1/C=C/CC(C)C(C)S(=O)NC(=O)c2ccc3c(c2)N(CCC1C)CC1(CCCc2cc(Cl)ccc21)CO3. The van der Waals surface area contributed by atoms with Gasteiger partial charge in [0.1, 0.15) is 16.7 Å². The number of nitrogens with one attached hydrogen (secondary N) is 1. The van der Waals surface area contributed by atoms with Crippen molar-refractivity contribution in [2.45, 2.75) is 69.6 Å². The summed E-state index contributed by atoms with van der Waals surface area (Å²) in [5.74, 6) is 0.773. The minimum absolute atomic E-state index is 0.0729. The number of ether oxygens (including phenoxy) is 3. The van der Waals surface area contributed by atoms with Crippen LogP contribution in [-0.2, 0) is 32.3 Å². The molecule has 2 heterocycles. The Bertz CT molecular complexity index is 1350. The van der Waals surface area contributed by atoms with Crippen molar-refractivity contribution in [2.24, 2.45) is 11.8 Å². The number of carbonyl (C=O) groups is 1. The molecule has 7 nitrogen and oxygen atoms in total. The average Bonchev–Trinajstić information content (AvgIpc) is 3.15. The standard InChI is InChI=1S/C34H45ClN2O5S/c1-23-7-5-9-31(41-18-17-40-4)24(2)14-16-37-21-34(15-6-8-26-19-28(35)11-12-29(26)34)22-42-32-13-10-27(20-30(32)37)33(38)36-43(39)25(23)3/h5,9-13,19-20,23-25,31H,6-8,14-18,21-22H2,1-4H3,(H,36,38)/b9-5+. The summed E-state index contributed by atoms with van der Waals surface area (Å²) in [6, 6.07) is 11.8. The molecule has 0 aromatic heterocycles. The van der Waals surface area contributed by atoms with Gasteiger partial charge in [0, 0.05) is 36.2 Å². The number of allylic oxidation sites excluding steroid dienone is 1. The zero-order valence-electron chi connectivity index (χ0n) is 25.8. The minimum atomic E-state index is -1.53. The van der Waals surface area contributed by atoms with Crippen LogP contribution in [0, 0.1) is 11.8 Å². The smallest absolute Gasteiger partial charge is 0.263 e. The number of carbonyl (C=O) groups excluding carboxylic acids is 1. The summed E-state index contributed by atoms with van der Waals surface area (Å²) in [5.41, 5.74) is 3.76. The van der Waals surface area contributed by atoms with Crippen LogP contribution in [-0.4, -0.2) is 61.5 Å². The summed E-state index contributed by atoms with van der Waals surface area (Å²) < 4.78 is 34.1. The third-order valence-electron chi connectivity index (χ3n) is 9.48. The highest BCUT2D eigenvalue weighted by molar-refractivity contribution is 7.84. The third kappa shape index (κ3) is 7.30. The van der Waals surface area contributed by atoms with Crippen LogP contribution in [0.2, 0.25) is 5.02 Å². The van der Waals surface area contributed by atoms with Gasteiger partial charge in [-0.3, -0.25) is 9.52 Å². The molecule has 0 fully saturated rings. The van der Waals surface area contributed by atoms with E-state index in [0.29, 0.717) is 25.4 Å². The highest BCUT2D eigenvalue weighted by atomic mass is 35.5. The van der Waals surface area contributed by atoms with Crippen LogP contribution in [0.5, 0.6) is 5.75 Å². The predicted molar refractivity (Wildman–Crippen MR) is 174 cm³/mol. The number of amides is 1. The van der Waals surface area contributed by atoms with Gasteiger partial charge in [-0.15, -0.1) is 0 Å². The summed E-state index contributed by atoms with van der Waals surface area (Å²) in [4.78, 5) is 15.7. The minimum Gasteiger partial charge on any atom is -0.490 e. The number of fused-ring (bicyclic) bond motifs is 3. The first-order chi connectivity index (χ1) is 20.7. The molecule has 5 rings (SSSR count). The van der Waals surface area contributed by atoms with E-state index >= 15 is 0 Å². The highest BCUT2D eigenvalue weighted by Gasteiger charge is 2.42. The van der Waals surface area contributed by atoms with Crippen molar-refractivity contribution < 1.29 is 23.2 Å². The number of aryl methyl sites for hydroxylation is 1. The molecule has 2 aliphatic heterocycles. The zero-order chi connectivity index (χ0) is 30.6. The number of benzene rings is 2. The quantitative estimate of drug-likeness (QED) is 0.319. The molecular weight excluding hydrogens is 584 g/mol. The summed E-state index contributed by atoms with van der Waals surface area (Å²) >= 11 is 6.41. The van der Waals surface area contributed by atoms with E-state index < -0.39 is 11.0 Å². The second kappa shape index (κ2) is 14.1. The topological polar surface area (TPSA) is 77.1 Å². The number of hydrogen-bond acceptors (Lipinski definition) is 6. The normalized spacial score (nSPS) is 30.6. The molecule has 1 spiro atoms. The Hall–Kier alpha value is -2.39. The number of halogens is 1. The van der Waals surface area contributed by atoms with E-state index in [0.717, 1.165) is 61.7 Å². The van der Waals surface area contributed by atoms with E-state index in [-0.39, 0.29) is 34.5 Å². The molecule has 1 N–H and O–H groups in total. The molecule has 2 aromatic carbocycles. The molecule has 0 saturated heterocycles. The Morgan fingerprint density at radius 3 is 2.79 bits per heavy atom. The Morgan fingerprint density at radius 1 is 1.14 bits per heavy atom. The van der Waals surface area contributed by atoms with Crippen LogP contribution in [0.25, 0.3) is 0 Å². The van der Waals surface area contributed by atoms with Crippen LogP contribution < -0.4 is 14.4 Å². The van der Waals surface area contributed by atoms with Gasteiger partial charge in [0.25, 0.3) is 5.91 Å². The van der Waals surface area contributed by atoms with Gasteiger partial charge in [0.15, 0.2) is 0 Å². The molecule has 2 bridgehead atoms. The van der Waals surface area contributed by atoms with Crippen LogP contribution in [0.15, 0.2) is 48.6 Å². The maximum Gasteiger partial charge on any atom is 0.263 e. The molecule has 0 saturated carbocycles. The monoisotopic (exact) mass is 628 g/mol. The zero-order valence-corrected chi connectivity index (χ0v) is 27.3. The van der Waals surface area contributed by atoms with Gasteiger partial charge >= 0.3 is 0 Å². The number of anilines is 1. The summed E-state index contributed by atoms with van der Waals surface area (Å²) in [6.45, 7) is 9.36. The summed E-state index contributed by atoms with van der Waals surface area (Å²) in [5, 5.41) is 0.545. The van der Waals surface area contributed by atoms with Crippen molar-refractivity contribution in [1.82, 2.24) is 4.72 Å². The van der Waals surface area contributed by atoms with Crippen molar-refractivity contribution in [1.29, 1.82) is 0 Å². The molecular formula is C34H45ClN2O5S. The molecule has 9 heteroatoms. The Morgan fingerprint density at radius 2 is 1.98 bits per heavy atom. The lowest BCUT2D eigenvalue weighted by Gasteiger charge is -2.41. The predicted octanol–water partition coefficient (Wildman–Crippen LogP) is 6.25. The van der Waals surface area contributed by atoms with Gasteiger partial charge in [0.2, 0.25) is 0 Å². The largest absolute Gasteiger partial charge is 0.490 e. The van der Waals surface area contributed by atoms with Crippen LogP contribution in [0.1, 0.15) is 67.9 Å². The molecule has 0 radical (unpaired) electrons. The fraction of sp³-hybridized carbons (Fsp3) is 0.559. The summed E-state index contributed by atoms with van der Waals surface area (Å²) in [6.07, 6.45) is 8.93. The van der Waals surface area contributed by atoms with E-state index in [1.807, 2.05) is 25.1 Å². The van der Waals surface area contributed by atoms with Gasteiger partial charge in [-0.05, 0) is 92.3 Å². The van der Waals surface area contributed by atoms with Gasteiger partial charge in [0.05, 0.1) is 36.9 Å². The first kappa shape index (κ1) is 32.0. The molecule has 1 aliphatic carbocycles. The van der Waals surface area contributed by atoms with E-state index in [1.54, 1.807) is 13.2 Å². The molecule has 6 unspecified atom stereocenters. The summed E-state index contributed by atoms with van der Waals surface area (Å²) in [7, 11) is 0.157. The molecule has 43 heavy (non-hydrogen) atoms. The van der Waals surface area contributed by atoms with Crippen molar-refractivity contribution in [2.75, 3.05) is 44.9 Å². The van der Waals surface area contributed by atoms with E-state index in [2.05, 4.69) is 47.8 Å². The second-order valence-electron chi connectivity index (χ2n) is 12.5. The molecule has 234 valence electrons. The number of hydrogen-bond donors (Lipinski definition) is 1. The van der Waals surface area contributed by atoms with Crippen LogP contribution in [0.4, 0.5) is 5.69 Å². The van der Waals surface area contributed by atoms with Crippen molar-refractivity contribution in [3.8, 4) is 5.75 Å².